The topological polar surface area (TPSA) is 41.5 Å². The van der Waals surface area contributed by atoms with Crippen molar-refractivity contribution in [3.05, 3.63) is 28.8 Å². The van der Waals surface area contributed by atoms with E-state index in [1.54, 1.807) is 0 Å². The fourth-order valence-electron chi connectivity index (χ4n) is 1.62. The van der Waals surface area contributed by atoms with E-state index in [-0.39, 0.29) is 0 Å². The molecule has 1 aromatic rings. The van der Waals surface area contributed by atoms with Gasteiger partial charge in [-0.1, -0.05) is 12.1 Å². The Bertz CT molecular complexity index is 350. The Kier molecular flexibility index (Phi) is 4.77. The van der Waals surface area contributed by atoms with Gasteiger partial charge in [0.25, 0.3) is 0 Å². The van der Waals surface area contributed by atoms with Gasteiger partial charge < -0.3 is 15.2 Å². The van der Waals surface area contributed by atoms with Crippen molar-refractivity contribution in [1.29, 1.82) is 0 Å². The number of hydrogen-bond donors (Lipinski definition) is 2. The van der Waals surface area contributed by atoms with E-state index >= 15 is 0 Å². The average Bonchev–Trinajstić information content (AvgIpc) is 2.24. The molecule has 0 saturated heterocycles. The van der Waals surface area contributed by atoms with Crippen LogP contribution in [0, 0.1) is 20.8 Å². The quantitative estimate of drug-likeness (QED) is 0.796. The van der Waals surface area contributed by atoms with Crippen LogP contribution in [0.25, 0.3) is 0 Å². The van der Waals surface area contributed by atoms with Crippen LogP contribution in [0.4, 0.5) is 0 Å². The standard InChI is InChI=1S/C13H21NO2/c1-9-5-6-10(2)13(11(9)3)16-8-12(15)7-14-4/h5-6,12,14-15H,7-8H2,1-4H3. The summed E-state index contributed by atoms with van der Waals surface area (Å²) in [5, 5.41) is 12.5. The normalized spacial score (nSPS) is 12.6. The fourth-order valence-corrected chi connectivity index (χ4v) is 1.62. The lowest BCUT2D eigenvalue weighted by Crippen LogP contribution is -2.29. The molecule has 1 unspecified atom stereocenters. The monoisotopic (exact) mass is 223 g/mol. The summed E-state index contributed by atoms with van der Waals surface area (Å²) in [6.45, 7) is 7.00. The summed E-state index contributed by atoms with van der Waals surface area (Å²) in [6.07, 6.45) is -0.468. The molecule has 1 rings (SSSR count). The predicted octanol–water partition coefficient (Wildman–Crippen LogP) is 1.57. The minimum atomic E-state index is -0.468. The summed E-state index contributed by atoms with van der Waals surface area (Å²) >= 11 is 0. The summed E-state index contributed by atoms with van der Waals surface area (Å²) < 4.78 is 5.67. The Morgan fingerprint density at radius 2 is 1.88 bits per heavy atom. The SMILES string of the molecule is CNCC(O)COc1c(C)ccc(C)c1C. The zero-order valence-electron chi connectivity index (χ0n) is 10.5. The average molecular weight is 223 g/mol. The van der Waals surface area contributed by atoms with Gasteiger partial charge in [-0.05, 0) is 44.5 Å². The van der Waals surface area contributed by atoms with E-state index in [2.05, 4.69) is 18.3 Å². The van der Waals surface area contributed by atoms with Gasteiger partial charge in [0.15, 0.2) is 0 Å². The van der Waals surface area contributed by atoms with Crippen molar-refractivity contribution in [3.8, 4) is 5.75 Å². The highest BCUT2D eigenvalue weighted by atomic mass is 16.5. The second kappa shape index (κ2) is 5.87. The molecule has 3 nitrogen and oxygen atoms in total. The highest BCUT2D eigenvalue weighted by Crippen LogP contribution is 2.25. The molecule has 0 heterocycles. The van der Waals surface area contributed by atoms with Gasteiger partial charge in [-0.2, -0.15) is 0 Å². The maximum absolute atomic E-state index is 9.57. The first-order chi connectivity index (χ1) is 7.56. The first kappa shape index (κ1) is 13.0. The van der Waals surface area contributed by atoms with Gasteiger partial charge >= 0.3 is 0 Å². The second-order valence-electron chi connectivity index (χ2n) is 4.18. The third-order valence-electron chi connectivity index (χ3n) is 2.73. The number of ether oxygens (including phenoxy) is 1. The van der Waals surface area contributed by atoms with Crippen LogP contribution in [0.3, 0.4) is 0 Å². The van der Waals surface area contributed by atoms with Crippen LogP contribution in [0.15, 0.2) is 12.1 Å². The Balaban J connectivity index is 2.70. The van der Waals surface area contributed by atoms with Crippen molar-refractivity contribution >= 4 is 0 Å². The Hall–Kier alpha value is -1.06. The molecule has 0 radical (unpaired) electrons. The molecule has 0 aliphatic rings. The van der Waals surface area contributed by atoms with Crippen molar-refractivity contribution in [2.24, 2.45) is 0 Å². The fraction of sp³-hybridized carbons (Fsp3) is 0.538. The van der Waals surface area contributed by atoms with Crippen LogP contribution in [-0.4, -0.2) is 31.4 Å². The Morgan fingerprint density at radius 3 is 2.50 bits per heavy atom. The maximum Gasteiger partial charge on any atom is 0.125 e. The molecule has 3 heteroatoms. The van der Waals surface area contributed by atoms with Crippen LogP contribution in [0.1, 0.15) is 16.7 Å². The van der Waals surface area contributed by atoms with Gasteiger partial charge in [-0.15, -0.1) is 0 Å². The first-order valence-electron chi connectivity index (χ1n) is 5.58. The highest BCUT2D eigenvalue weighted by molar-refractivity contribution is 5.44. The number of aliphatic hydroxyl groups is 1. The van der Waals surface area contributed by atoms with E-state index in [1.807, 2.05) is 27.0 Å². The zero-order valence-corrected chi connectivity index (χ0v) is 10.5. The lowest BCUT2D eigenvalue weighted by molar-refractivity contribution is 0.107. The number of aryl methyl sites for hydroxylation is 2. The van der Waals surface area contributed by atoms with Crippen molar-refractivity contribution in [2.45, 2.75) is 26.9 Å². The number of benzene rings is 1. The van der Waals surface area contributed by atoms with Crippen molar-refractivity contribution in [3.63, 3.8) is 0 Å². The van der Waals surface area contributed by atoms with Gasteiger partial charge in [0.2, 0.25) is 0 Å². The van der Waals surface area contributed by atoms with Crippen molar-refractivity contribution in [2.75, 3.05) is 20.2 Å². The van der Waals surface area contributed by atoms with Gasteiger partial charge in [-0.3, -0.25) is 0 Å². The van der Waals surface area contributed by atoms with E-state index in [1.165, 1.54) is 5.56 Å². The van der Waals surface area contributed by atoms with Gasteiger partial charge in [0.1, 0.15) is 18.5 Å². The predicted molar refractivity (Wildman–Crippen MR) is 66.1 cm³/mol. The molecule has 1 aromatic carbocycles. The Morgan fingerprint density at radius 1 is 1.25 bits per heavy atom. The molecule has 0 bridgehead atoms. The molecule has 0 aliphatic carbocycles. The summed E-state index contributed by atoms with van der Waals surface area (Å²) in [5.41, 5.74) is 3.47. The number of hydrogen-bond acceptors (Lipinski definition) is 3. The molecule has 0 fully saturated rings. The molecule has 90 valence electrons. The number of aliphatic hydroxyl groups excluding tert-OH is 1. The summed E-state index contributed by atoms with van der Waals surface area (Å²) in [4.78, 5) is 0. The van der Waals surface area contributed by atoms with Crippen molar-refractivity contribution < 1.29 is 9.84 Å². The molecule has 0 aliphatic heterocycles. The highest BCUT2D eigenvalue weighted by Gasteiger charge is 2.09. The molecule has 0 amide bonds. The zero-order chi connectivity index (χ0) is 12.1. The summed E-state index contributed by atoms with van der Waals surface area (Å²) in [5.74, 6) is 0.898. The van der Waals surface area contributed by atoms with Gasteiger partial charge in [0, 0.05) is 6.54 Å². The molecule has 0 spiro atoms. The Labute approximate surface area is 97.4 Å². The smallest absolute Gasteiger partial charge is 0.125 e. The van der Waals surface area contributed by atoms with Gasteiger partial charge in [0.05, 0.1) is 0 Å². The van der Waals surface area contributed by atoms with E-state index in [4.69, 9.17) is 4.74 Å². The minimum absolute atomic E-state index is 0.325. The second-order valence-corrected chi connectivity index (χ2v) is 4.18. The molecule has 1 atom stereocenters. The number of likely N-dealkylation sites (N-methyl/N-ethyl adjacent to an activating group) is 1. The van der Waals surface area contributed by atoms with Crippen LogP contribution < -0.4 is 10.1 Å². The maximum atomic E-state index is 9.57. The third kappa shape index (κ3) is 3.22. The van der Waals surface area contributed by atoms with Crippen LogP contribution in [-0.2, 0) is 0 Å². The third-order valence-corrected chi connectivity index (χ3v) is 2.73. The molecule has 0 saturated carbocycles. The summed E-state index contributed by atoms with van der Waals surface area (Å²) in [6, 6.07) is 4.13. The van der Waals surface area contributed by atoms with E-state index in [9.17, 15) is 5.11 Å². The summed E-state index contributed by atoms with van der Waals surface area (Å²) in [7, 11) is 1.81. The molecule has 2 N–H and O–H groups in total. The largest absolute Gasteiger partial charge is 0.490 e. The first-order valence-corrected chi connectivity index (χ1v) is 5.58. The number of nitrogens with one attached hydrogen (secondary N) is 1. The van der Waals surface area contributed by atoms with E-state index < -0.39 is 6.10 Å². The molecule has 0 aromatic heterocycles. The lowest BCUT2D eigenvalue weighted by atomic mass is 10.1. The minimum Gasteiger partial charge on any atom is -0.490 e. The van der Waals surface area contributed by atoms with Crippen LogP contribution in [0.2, 0.25) is 0 Å². The molecular weight excluding hydrogens is 202 g/mol. The number of rotatable bonds is 5. The molecular formula is C13H21NO2. The van der Waals surface area contributed by atoms with Crippen molar-refractivity contribution in [1.82, 2.24) is 5.32 Å². The molecule has 16 heavy (non-hydrogen) atoms. The van der Waals surface area contributed by atoms with Crippen LogP contribution in [0.5, 0.6) is 5.75 Å². The van der Waals surface area contributed by atoms with E-state index in [0.29, 0.717) is 13.2 Å². The lowest BCUT2D eigenvalue weighted by Gasteiger charge is -2.16. The van der Waals surface area contributed by atoms with Gasteiger partial charge in [-0.25, -0.2) is 0 Å². The van der Waals surface area contributed by atoms with Crippen LogP contribution >= 0.6 is 0 Å². The van der Waals surface area contributed by atoms with E-state index in [0.717, 1.165) is 16.9 Å².